The fourth-order valence-corrected chi connectivity index (χ4v) is 4.24. The van der Waals surface area contributed by atoms with Crippen molar-refractivity contribution >= 4 is 15.8 Å². The lowest BCUT2D eigenvalue weighted by Gasteiger charge is -2.21. The number of sulfonamides is 1. The van der Waals surface area contributed by atoms with Crippen LogP contribution in [0.5, 0.6) is 0 Å². The number of hydrogen-bond acceptors (Lipinski definition) is 4. The molecule has 1 fully saturated rings. The minimum Gasteiger partial charge on any atom is -0.305 e. The van der Waals surface area contributed by atoms with Crippen LogP contribution < -0.4 is 0 Å². The molecule has 0 N–H and O–H groups in total. The van der Waals surface area contributed by atoms with Gasteiger partial charge in [-0.3, -0.25) is 4.79 Å². The molecule has 2 rings (SSSR count). The summed E-state index contributed by atoms with van der Waals surface area (Å²) in [6.45, 7) is 5.66. The third-order valence-corrected chi connectivity index (χ3v) is 5.97. The molecule has 0 aromatic heterocycles. The van der Waals surface area contributed by atoms with Gasteiger partial charge in [-0.25, -0.2) is 12.7 Å². The number of carbonyl (C=O) groups excluding carboxylic acids is 1. The normalized spacial score (nSPS) is 22.5. The Balaban J connectivity index is 2.20. The topological polar surface area (TPSA) is 57.7 Å². The van der Waals surface area contributed by atoms with Crippen LogP contribution in [0.25, 0.3) is 0 Å². The molecule has 0 spiro atoms. The molecule has 1 saturated heterocycles. The van der Waals surface area contributed by atoms with E-state index in [1.165, 1.54) is 10.6 Å². The highest BCUT2D eigenvalue weighted by Crippen LogP contribution is 2.33. The Morgan fingerprint density at radius 1 is 1.21 bits per heavy atom. The van der Waals surface area contributed by atoms with Gasteiger partial charge in [0.25, 0.3) is 0 Å². The molecule has 0 aliphatic carbocycles. The minimum absolute atomic E-state index is 0.0521. The van der Waals surface area contributed by atoms with E-state index >= 15 is 0 Å². The first-order chi connectivity index (χ1) is 11.1. The molecule has 1 unspecified atom stereocenters. The second-order valence-corrected chi connectivity index (χ2v) is 9.38. The molecule has 1 aliphatic heterocycles. The lowest BCUT2D eigenvalue weighted by molar-refractivity contribution is 0.0883. The van der Waals surface area contributed by atoms with Gasteiger partial charge in [0.1, 0.15) is 0 Å². The van der Waals surface area contributed by atoms with Crippen molar-refractivity contribution in [2.24, 2.45) is 17.8 Å². The highest BCUT2D eigenvalue weighted by molar-refractivity contribution is 7.88. The van der Waals surface area contributed by atoms with E-state index in [-0.39, 0.29) is 23.5 Å². The summed E-state index contributed by atoms with van der Waals surface area (Å²) in [6.07, 6.45) is 1.22. The Kier molecular flexibility index (Phi) is 5.83. The van der Waals surface area contributed by atoms with Crippen molar-refractivity contribution in [3.8, 4) is 0 Å². The van der Waals surface area contributed by atoms with Gasteiger partial charge in [-0.15, -0.1) is 0 Å². The number of ketones is 1. The first-order valence-electron chi connectivity index (χ1n) is 8.32. The van der Waals surface area contributed by atoms with E-state index in [2.05, 4.69) is 18.7 Å². The molecular weight excluding hydrogens is 324 g/mol. The summed E-state index contributed by atoms with van der Waals surface area (Å²) in [5, 5.41) is 0. The van der Waals surface area contributed by atoms with Gasteiger partial charge in [0.15, 0.2) is 5.78 Å². The summed E-state index contributed by atoms with van der Waals surface area (Å²) >= 11 is 0. The quantitative estimate of drug-likeness (QED) is 0.736. The van der Waals surface area contributed by atoms with Gasteiger partial charge >= 0.3 is 0 Å². The molecular formula is C18H28N2O3S. The van der Waals surface area contributed by atoms with E-state index in [4.69, 9.17) is 0 Å². The summed E-state index contributed by atoms with van der Waals surface area (Å²) < 4.78 is 25.2. The molecule has 1 aliphatic rings. The van der Waals surface area contributed by atoms with E-state index in [0.717, 1.165) is 12.1 Å². The van der Waals surface area contributed by atoms with Crippen LogP contribution in [-0.2, 0) is 16.6 Å². The number of hydrogen-bond donors (Lipinski definition) is 0. The largest absolute Gasteiger partial charge is 0.305 e. The minimum atomic E-state index is -3.26. The fraction of sp³-hybridized carbons (Fsp3) is 0.611. The Hall–Kier alpha value is -1.24. The van der Waals surface area contributed by atoms with Gasteiger partial charge in [-0.1, -0.05) is 38.1 Å². The van der Waals surface area contributed by atoms with Gasteiger partial charge in [0, 0.05) is 31.1 Å². The SMILES string of the molecule is CC(C)[C@H]1CN(S(C)(=O)=O)CC1C(=O)c1ccc(CN(C)C)cc1. The second kappa shape index (κ2) is 7.33. The van der Waals surface area contributed by atoms with Crippen molar-refractivity contribution in [1.82, 2.24) is 9.21 Å². The van der Waals surface area contributed by atoms with E-state index in [9.17, 15) is 13.2 Å². The molecule has 134 valence electrons. The molecule has 24 heavy (non-hydrogen) atoms. The van der Waals surface area contributed by atoms with Crippen LogP contribution in [0.2, 0.25) is 0 Å². The van der Waals surface area contributed by atoms with Crippen LogP contribution in [0.4, 0.5) is 0 Å². The molecule has 1 aromatic rings. The van der Waals surface area contributed by atoms with Crippen molar-refractivity contribution in [2.45, 2.75) is 20.4 Å². The molecule has 1 heterocycles. The van der Waals surface area contributed by atoms with E-state index in [1.807, 2.05) is 38.4 Å². The molecule has 0 amide bonds. The number of Topliss-reactive ketones (excluding diaryl/α,β-unsaturated/α-hetero) is 1. The first kappa shape index (κ1) is 19.1. The number of rotatable bonds is 6. The summed E-state index contributed by atoms with van der Waals surface area (Å²) in [7, 11) is 0.747. The summed E-state index contributed by atoms with van der Waals surface area (Å²) in [4.78, 5) is 15.0. The van der Waals surface area contributed by atoms with Crippen molar-refractivity contribution in [3.63, 3.8) is 0 Å². The molecule has 0 saturated carbocycles. The van der Waals surface area contributed by atoms with E-state index in [1.54, 1.807) is 0 Å². The first-order valence-corrected chi connectivity index (χ1v) is 10.2. The summed E-state index contributed by atoms with van der Waals surface area (Å²) in [5.74, 6) is 0.114. The average molecular weight is 353 g/mol. The van der Waals surface area contributed by atoms with Crippen molar-refractivity contribution in [2.75, 3.05) is 33.4 Å². The Bertz CT molecular complexity index is 681. The van der Waals surface area contributed by atoms with Gasteiger partial charge in [0.05, 0.1) is 6.26 Å². The Morgan fingerprint density at radius 2 is 1.79 bits per heavy atom. The Morgan fingerprint density at radius 3 is 2.25 bits per heavy atom. The zero-order chi connectivity index (χ0) is 18.1. The standard InChI is InChI=1S/C18H28N2O3S/c1-13(2)16-11-20(24(5,22)23)12-17(16)18(21)15-8-6-14(7-9-15)10-19(3)4/h6-9,13,16-17H,10-12H2,1-5H3/t16-,17?/m1/s1. The highest BCUT2D eigenvalue weighted by Gasteiger charge is 2.42. The van der Waals surface area contributed by atoms with Crippen LogP contribution >= 0.6 is 0 Å². The average Bonchev–Trinajstić information content (AvgIpc) is 2.92. The second-order valence-electron chi connectivity index (χ2n) is 7.39. The van der Waals surface area contributed by atoms with Crippen LogP contribution in [-0.4, -0.2) is 56.8 Å². The van der Waals surface area contributed by atoms with Gasteiger partial charge in [-0.2, -0.15) is 0 Å². The van der Waals surface area contributed by atoms with Crippen molar-refractivity contribution in [1.29, 1.82) is 0 Å². The third kappa shape index (κ3) is 4.43. The number of carbonyl (C=O) groups is 1. The van der Waals surface area contributed by atoms with Crippen molar-refractivity contribution < 1.29 is 13.2 Å². The smallest absolute Gasteiger partial charge is 0.211 e. The van der Waals surface area contributed by atoms with Gasteiger partial charge in [-0.05, 0) is 31.5 Å². The zero-order valence-electron chi connectivity index (χ0n) is 15.2. The molecule has 2 atom stereocenters. The highest BCUT2D eigenvalue weighted by atomic mass is 32.2. The van der Waals surface area contributed by atoms with Crippen LogP contribution in [0.3, 0.4) is 0 Å². The zero-order valence-corrected chi connectivity index (χ0v) is 16.0. The maximum atomic E-state index is 12.9. The molecule has 0 bridgehead atoms. The maximum Gasteiger partial charge on any atom is 0.211 e. The Labute approximate surface area is 145 Å². The summed E-state index contributed by atoms with van der Waals surface area (Å²) in [6, 6.07) is 7.67. The number of nitrogens with zero attached hydrogens (tertiary/aromatic N) is 2. The predicted octanol–water partition coefficient (Wildman–Crippen LogP) is 2.09. The molecule has 6 heteroatoms. The van der Waals surface area contributed by atoms with Crippen molar-refractivity contribution in [3.05, 3.63) is 35.4 Å². The lowest BCUT2D eigenvalue weighted by atomic mass is 9.81. The molecule has 0 radical (unpaired) electrons. The van der Waals surface area contributed by atoms with Crippen LogP contribution in [0.15, 0.2) is 24.3 Å². The molecule has 5 nitrogen and oxygen atoms in total. The van der Waals surface area contributed by atoms with E-state index < -0.39 is 10.0 Å². The van der Waals surface area contributed by atoms with Gasteiger partial charge in [0.2, 0.25) is 10.0 Å². The maximum absolute atomic E-state index is 12.9. The number of benzene rings is 1. The fourth-order valence-electron chi connectivity index (χ4n) is 3.37. The predicted molar refractivity (Wildman–Crippen MR) is 96.4 cm³/mol. The lowest BCUT2D eigenvalue weighted by Crippen LogP contribution is -2.28. The van der Waals surface area contributed by atoms with E-state index in [0.29, 0.717) is 18.7 Å². The van der Waals surface area contributed by atoms with Crippen LogP contribution in [0, 0.1) is 17.8 Å². The molecule has 1 aromatic carbocycles. The third-order valence-electron chi connectivity index (χ3n) is 4.73. The summed E-state index contributed by atoms with van der Waals surface area (Å²) in [5.41, 5.74) is 1.82. The van der Waals surface area contributed by atoms with Gasteiger partial charge < -0.3 is 4.90 Å². The van der Waals surface area contributed by atoms with Crippen LogP contribution in [0.1, 0.15) is 29.8 Å². The monoisotopic (exact) mass is 352 g/mol.